The van der Waals surface area contributed by atoms with E-state index in [2.05, 4.69) is 11.1 Å². The van der Waals surface area contributed by atoms with Crippen LogP contribution in [0.3, 0.4) is 0 Å². The molecule has 0 spiro atoms. The van der Waals surface area contributed by atoms with Gasteiger partial charge in [0.15, 0.2) is 5.78 Å². The van der Waals surface area contributed by atoms with Crippen molar-refractivity contribution in [3.8, 4) is 0 Å². The smallest absolute Gasteiger partial charge is 0.354 e. The Balaban J connectivity index is 1.89. The van der Waals surface area contributed by atoms with Crippen LogP contribution in [0.4, 0.5) is 0 Å². The number of aromatic nitrogens is 1. The molecular weight excluding hydrogens is 254 g/mol. The van der Waals surface area contributed by atoms with Crippen LogP contribution in [0.1, 0.15) is 58.6 Å². The molecule has 1 aromatic heterocycles. The Labute approximate surface area is 117 Å². The first-order valence-corrected chi connectivity index (χ1v) is 7.14. The highest BCUT2D eigenvalue weighted by Gasteiger charge is 2.25. The molecule has 0 atom stereocenters. The molecule has 104 valence electrons. The van der Waals surface area contributed by atoms with E-state index < -0.39 is 5.97 Å². The zero-order valence-electron chi connectivity index (χ0n) is 11.3. The van der Waals surface area contributed by atoms with Crippen molar-refractivity contribution in [2.75, 3.05) is 0 Å². The third-order valence-corrected chi connectivity index (χ3v) is 4.20. The van der Waals surface area contributed by atoms with E-state index in [9.17, 15) is 9.59 Å². The van der Waals surface area contributed by atoms with E-state index in [-0.39, 0.29) is 11.5 Å². The zero-order chi connectivity index (χ0) is 14.1. The lowest BCUT2D eigenvalue weighted by molar-refractivity contribution is 0.0689. The molecule has 1 aromatic rings. The van der Waals surface area contributed by atoms with Gasteiger partial charge in [-0.1, -0.05) is 18.9 Å². The van der Waals surface area contributed by atoms with Gasteiger partial charge >= 0.3 is 5.97 Å². The number of nitrogens with zero attached hydrogens (tertiary/aromatic N) is 1. The Morgan fingerprint density at radius 3 is 2.70 bits per heavy atom. The van der Waals surface area contributed by atoms with Gasteiger partial charge in [0.25, 0.3) is 0 Å². The second kappa shape index (κ2) is 5.19. The number of aryl methyl sites for hydroxylation is 1. The van der Waals surface area contributed by atoms with E-state index in [1.54, 1.807) is 6.07 Å². The van der Waals surface area contributed by atoms with E-state index in [0.717, 1.165) is 5.57 Å². The van der Waals surface area contributed by atoms with Crippen molar-refractivity contribution in [3.63, 3.8) is 0 Å². The second-order valence-corrected chi connectivity index (χ2v) is 5.56. The molecule has 20 heavy (non-hydrogen) atoms. The summed E-state index contributed by atoms with van der Waals surface area (Å²) >= 11 is 0. The molecule has 4 nitrogen and oxygen atoms in total. The molecule has 0 amide bonds. The minimum Gasteiger partial charge on any atom is -0.477 e. The average molecular weight is 271 g/mol. The van der Waals surface area contributed by atoms with Gasteiger partial charge in [0, 0.05) is 5.56 Å². The number of allylic oxidation sites excluding steroid dienone is 2. The zero-order valence-corrected chi connectivity index (χ0v) is 11.3. The van der Waals surface area contributed by atoms with Crippen molar-refractivity contribution >= 4 is 11.8 Å². The Bertz CT molecular complexity index is 598. The predicted octanol–water partition coefficient (Wildman–Crippen LogP) is 3.03. The van der Waals surface area contributed by atoms with Gasteiger partial charge in [0.05, 0.1) is 5.69 Å². The van der Waals surface area contributed by atoms with Gasteiger partial charge in [-0.25, -0.2) is 9.78 Å². The standard InChI is InChI=1S/C16H17NO3/c18-15-11(9-10-3-1-2-4-10)5-7-13-12(15)6-8-14(17-13)16(19)20/h6,8-10H,1-5,7H2,(H,19,20)/b11-9+. The number of Topliss-reactive ketones (excluding diaryl/α,β-unsaturated/α-hetero) is 1. The van der Waals surface area contributed by atoms with Crippen LogP contribution in [0.25, 0.3) is 0 Å². The summed E-state index contributed by atoms with van der Waals surface area (Å²) in [7, 11) is 0. The molecule has 1 N–H and O–H groups in total. The monoisotopic (exact) mass is 271 g/mol. The van der Waals surface area contributed by atoms with E-state index in [0.29, 0.717) is 30.0 Å². The maximum Gasteiger partial charge on any atom is 0.354 e. The SMILES string of the molecule is O=C(O)c1ccc2c(n1)CC/C(=C\C1CCCC1)C2=O. The predicted molar refractivity (Wildman–Crippen MR) is 73.9 cm³/mol. The number of carbonyl (C=O) groups is 2. The number of pyridine rings is 1. The largest absolute Gasteiger partial charge is 0.477 e. The summed E-state index contributed by atoms with van der Waals surface area (Å²) in [6, 6.07) is 3.02. The summed E-state index contributed by atoms with van der Waals surface area (Å²) in [5.74, 6) is -0.475. The van der Waals surface area contributed by atoms with Crippen molar-refractivity contribution in [1.29, 1.82) is 0 Å². The highest BCUT2D eigenvalue weighted by atomic mass is 16.4. The van der Waals surface area contributed by atoms with Crippen molar-refractivity contribution in [2.24, 2.45) is 5.92 Å². The van der Waals surface area contributed by atoms with Crippen LogP contribution in [0.2, 0.25) is 0 Å². The molecule has 2 aliphatic carbocycles. The number of fused-ring (bicyclic) bond motifs is 1. The lowest BCUT2D eigenvalue weighted by Gasteiger charge is -2.18. The number of carboxylic acids is 1. The minimum absolute atomic E-state index is 0.0137. The molecule has 0 unspecified atom stereocenters. The maximum absolute atomic E-state index is 12.4. The molecule has 1 heterocycles. The summed E-state index contributed by atoms with van der Waals surface area (Å²) in [5, 5.41) is 8.94. The lowest BCUT2D eigenvalue weighted by atomic mass is 9.87. The Morgan fingerprint density at radius 1 is 1.25 bits per heavy atom. The number of hydrogen-bond acceptors (Lipinski definition) is 3. The van der Waals surface area contributed by atoms with Gasteiger partial charge in [-0.15, -0.1) is 0 Å². The molecular formula is C16H17NO3. The molecule has 4 heteroatoms. The van der Waals surface area contributed by atoms with Crippen LogP contribution in [-0.4, -0.2) is 21.8 Å². The molecule has 0 radical (unpaired) electrons. The quantitative estimate of drug-likeness (QED) is 0.839. The first-order valence-electron chi connectivity index (χ1n) is 7.14. The maximum atomic E-state index is 12.4. The summed E-state index contributed by atoms with van der Waals surface area (Å²) < 4.78 is 0. The van der Waals surface area contributed by atoms with Gasteiger partial charge in [-0.3, -0.25) is 4.79 Å². The van der Waals surface area contributed by atoms with Crippen molar-refractivity contribution < 1.29 is 14.7 Å². The fraction of sp³-hybridized carbons (Fsp3) is 0.438. The third kappa shape index (κ3) is 2.38. The first-order chi connectivity index (χ1) is 9.65. The highest BCUT2D eigenvalue weighted by Crippen LogP contribution is 2.31. The van der Waals surface area contributed by atoms with Crippen LogP contribution in [0.15, 0.2) is 23.8 Å². The fourth-order valence-electron chi connectivity index (χ4n) is 3.12. The number of carbonyl (C=O) groups excluding carboxylic acids is 1. The van der Waals surface area contributed by atoms with E-state index in [4.69, 9.17) is 5.11 Å². The van der Waals surface area contributed by atoms with Crippen LogP contribution in [-0.2, 0) is 6.42 Å². The van der Waals surface area contributed by atoms with Crippen molar-refractivity contribution in [1.82, 2.24) is 4.98 Å². The average Bonchev–Trinajstić information content (AvgIpc) is 2.94. The molecule has 1 fully saturated rings. The number of rotatable bonds is 2. The molecule has 1 saturated carbocycles. The van der Waals surface area contributed by atoms with Crippen LogP contribution in [0.5, 0.6) is 0 Å². The summed E-state index contributed by atoms with van der Waals surface area (Å²) in [4.78, 5) is 27.4. The molecule has 0 aromatic carbocycles. The third-order valence-electron chi connectivity index (χ3n) is 4.20. The van der Waals surface area contributed by atoms with Gasteiger partial charge in [-0.2, -0.15) is 0 Å². The van der Waals surface area contributed by atoms with Crippen LogP contribution < -0.4 is 0 Å². The van der Waals surface area contributed by atoms with Gasteiger partial charge in [-0.05, 0) is 49.3 Å². The summed E-state index contributed by atoms with van der Waals surface area (Å²) in [6.07, 6.45) is 8.34. The van der Waals surface area contributed by atoms with Crippen molar-refractivity contribution in [2.45, 2.75) is 38.5 Å². The van der Waals surface area contributed by atoms with E-state index in [1.807, 2.05) is 0 Å². The first kappa shape index (κ1) is 13.0. The minimum atomic E-state index is -1.05. The molecule has 3 rings (SSSR count). The normalized spacial score (nSPS) is 21.2. The summed E-state index contributed by atoms with van der Waals surface area (Å²) in [6.45, 7) is 0. The van der Waals surface area contributed by atoms with Crippen molar-refractivity contribution in [3.05, 3.63) is 40.7 Å². The molecule has 0 bridgehead atoms. The Hall–Kier alpha value is -1.97. The molecule has 0 aliphatic heterocycles. The number of aromatic carboxylic acids is 1. The lowest BCUT2D eigenvalue weighted by Crippen LogP contribution is -2.18. The van der Waals surface area contributed by atoms with Gasteiger partial charge in [0.2, 0.25) is 0 Å². The van der Waals surface area contributed by atoms with Crippen LogP contribution in [0, 0.1) is 5.92 Å². The second-order valence-electron chi connectivity index (χ2n) is 5.56. The Morgan fingerprint density at radius 2 is 2.00 bits per heavy atom. The summed E-state index contributed by atoms with van der Waals surface area (Å²) in [5.41, 5.74) is 2.10. The molecule has 0 saturated heterocycles. The van der Waals surface area contributed by atoms with Gasteiger partial charge < -0.3 is 5.11 Å². The number of ketones is 1. The number of carboxylic acid groups (broad SMARTS) is 1. The molecule has 2 aliphatic rings. The topological polar surface area (TPSA) is 67.3 Å². The number of hydrogen-bond donors (Lipinski definition) is 1. The van der Waals surface area contributed by atoms with Gasteiger partial charge in [0.1, 0.15) is 5.69 Å². The fourth-order valence-corrected chi connectivity index (χ4v) is 3.12. The van der Waals surface area contributed by atoms with Crippen LogP contribution >= 0.6 is 0 Å². The van der Waals surface area contributed by atoms with E-state index >= 15 is 0 Å². The Kier molecular flexibility index (Phi) is 3.38. The highest BCUT2D eigenvalue weighted by molar-refractivity contribution is 6.10. The van der Waals surface area contributed by atoms with E-state index in [1.165, 1.54) is 31.7 Å².